The number of ketones is 1. The number of nitrogens with two attached hydrogens (primary N) is 1. The lowest BCUT2D eigenvalue weighted by atomic mass is 10.0. The Bertz CT molecular complexity index is 1280. The predicted octanol–water partition coefficient (Wildman–Crippen LogP) is 5.13. The van der Waals surface area contributed by atoms with Gasteiger partial charge in [0, 0.05) is 29.1 Å². The molecule has 1 amide bonds. The zero-order valence-electron chi connectivity index (χ0n) is 21.8. The SMILES string of the molecule is CSCC[C@H](N)C(=O)c1ccc(NC(=O)c2cc(C[C@H](C)O)n(-c3ccc(C)cc3OC(F)F)c2C)cc1. The molecule has 1 heterocycles. The van der Waals surface area contributed by atoms with Gasteiger partial charge in [-0.25, -0.2) is 0 Å². The first-order valence-electron chi connectivity index (χ1n) is 12.2. The molecule has 204 valence electrons. The molecule has 0 spiro atoms. The van der Waals surface area contributed by atoms with E-state index in [-0.39, 0.29) is 18.0 Å². The van der Waals surface area contributed by atoms with E-state index in [1.165, 1.54) is 6.07 Å². The van der Waals surface area contributed by atoms with E-state index >= 15 is 0 Å². The van der Waals surface area contributed by atoms with Gasteiger partial charge in [0.1, 0.15) is 5.75 Å². The molecule has 38 heavy (non-hydrogen) atoms. The maximum absolute atomic E-state index is 13.3. The van der Waals surface area contributed by atoms with Crippen molar-refractivity contribution in [3.05, 3.63) is 76.6 Å². The molecule has 0 radical (unpaired) electrons. The molecule has 0 aliphatic carbocycles. The van der Waals surface area contributed by atoms with Crippen LogP contribution in [0, 0.1) is 13.8 Å². The van der Waals surface area contributed by atoms with Crippen molar-refractivity contribution in [2.75, 3.05) is 17.3 Å². The zero-order valence-corrected chi connectivity index (χ0v) is 22.6. The summed E-state index contributed by atoms with van der Waals surface area (Å²) in [5.41, 5.74) is 9.36. The minimum atomic E-state index is -3.02. The molecule has 0 fully saturated rings. The lowest BCUT2D eigenvalue weighted by molar-refractivity contribution is -0.0499. The van der Waals surface area contributed by atoms with Crippen molar-refractivity contribution in [2.45, 2.75) is 52.4 Å². The molecular weight excluding hydrogens is 512 g/mol. The van der Waals surface area contributed by atoms with Gasteiger partial charge in [-0.2, -0.15) is 20.5 Å². The largest absolute Gasteiger partial charge is 0.433 e. The van der Waals surface area contributed by atoms with Crippen LogP contribution in [0.3, 0.4) is 0 Å². The molecule has 10 heteroatoms. The number of aliphatic hydroxyl groups excluding tert-OH is 1. The van der Waals surface area contributed by atoms with Crippen LogP contribution in [0.5, 0.6) is 5.75 Å². The smallest absolute Gasteiger partial charge is 0.387 e. The summed E-state index contributed by atoms with van der Waals surface area (Å²) in [5, 5.41) is 12.9. The molecule has 0 unspecified atom stereocenters. The molecule has 3 aromatic rings. The Balaban J connectivity index is 1.91. The Hall–Kier alpha value is -3.21. The number of halogens is 2. The van der Waals surface area contributed by atoms with E-state index < -0.39 is 24.7 Å². The fourth-order valence-corrected chi connectivity index (χ4v) is 4.68. The highest BCUT2D eigenvalue weighted by Crippen LogP contribution is 2.31. The summed E-state index contributed by atoms with van der Waals surface area (Å²) >= 11 is 1.62. The molecule has 7 nitrogen and oxygen atoms in total. The molecular formula is C28H33F2N3O4S. The van der Waals surface area contributed by atoms with Crippen molar-refractivity contribution in [3.8, 4) is 11.4 Å². The lowest BCUT2D eigenvalue weighted by Crippen LogP contribution is -2.31. The number of rotatable bonds is 12. The van der Waals surface area contributed by atoms with Crippen LogP contribution in [0.1, 0.15) is 51.0 Å². The van der Waals surface area contributed by atoms with E-state index in [2.05, 4.69) is 5.32 Å². The van der Waals surface area contributed by atoms with Crippen molar-refractivity contribution < 1.29 is 28.2 Å². The van der Waals surface area contributed by atoms with Crippen molar-refractivity contribution in [2.24, 2.45) is 5.73 Å². The number of aromatic nitrogens is 1. The maximum Gasteiger partial charge on any atom is 0.387 e. The van der Waals surface area contributed by atoms with Crippen LogP contribution >= 0.6 is 11.8 Å². The molecule has 2 atom stereocenters. The van der Waals surface area contributed by atoms with E-state index in [4.69, 9.17) is 10.5 Å². The van der Waals surface area contributed by atoms with Crippen LogP contribution in [0.15, 0.2) is 48.5 Å². The molecule has 0 aliphatic rings. The minimum absolute atomic E-state index is 0.0338. The van der Waals surface area contributed by atoms with E-state index in [1.807, 2.05) is 6.26 Å². The number of anilines is 1. The second-order valence-electron chi connectivity index (χ2n) is 9.16. The molecule has 4 N–H and O–H groups in total. The summed E-state index contributed by atoms with van der Waals surface area (Å²) in [6, 6.07) is 12.4. The average Bonchev–Trinajstić information content (AvgIpc) is 3.17. The number of amides is 1. The van der Waals surface area contributed by atoms with Gasteiger partial charge in [-0.1, -0.05) is 6.07 Å². The molecule has 1 aromatic heterocycles. The maximum atomic E-state index is 13.3. The number of aliphatic hydroxyl groups is 1. The number of nitrogens with one attached hydrogen (secondary N) is 1. The third-order valence-corrected chi connectivity index (χ3v) is 6.69. The number of hydrogen-bond acceptors (Lipinski definition) is 6. The van der Waals surface area contributed by atoms with Gasteiger partial charge in [0.2, 0.25) is 0 Å². The predicted molar refractivity (Wildman–Crippen MR) is 147 cm³/mol. The van der Waals surface area contributed by atoms with Gasteiger partial charge in [-0.15, -0.1) is 0 Å². The number of Topliss-reactive ketones (excluding diaryl/α,β-unsaturated/α-hetero) is 1. The van der Waals surface area contributed by atoms with Crippen LogP contribution in [0.4, 0.5) is 14.5 Å². The fraction of sp³-hybridized carbons (Fsp3) is 0.357. The first-order chi connectivity index (χ1) is 18.0. The number of aryl methyl sites for hydroxylation is 1. The molecule has 0 aliphatic heterocycles. The number of nitrogens with zero attached hydrogens (tertiary/aromatic N) is 1. The Morgan fingerprint density at radius 2 is 1.82 bits per heavy atom. The molecule has 2 aromatic carbocycles. The van der Waals surface area contributed by atoms with Gasteiger partial charge in [-0.3, -0.25) is 9.59 Å². The normalized spacial score (nSPS) is 12.9. The second kappa shape index (κ2) is 13.0. The highest BCUT2D eigenvalue weighted by Gasteiger charge is 2.23. The van der Waals surface area contributed by atoms with Gasteiger partial charge < -0.3 is 25.5 Å². The number of carbonyl (C=O) groups is 2. The van der Waals surface area contributed by atoms with E-state index in [0.717, 1.165) is 11.3 Å². The number of carbonyl (C=O) groups excluding carboxylic acids is 2. The number of ether oxygens (including phenoxy) is 1. The van der Waals surface area contributed by atoms with Gasteiger partial charge in [0.05, 0.1) is 23.4 Å². The van der Waals surface area contributed by atoms with Crippen LogP contribution in [0.25, 0.3) is 5.69 Å². The molecule has 0 saturated carbocycles. The quantitative estimate of drug-likeness (QED) is 0.272. The minimum Gasteiger partial charge on any atom is -0.433 e. The number of thioether (sulfide) groups is 1. The fourth-order valence-electron chi connectivity index (χ4n) is 4.19. The van der Waals surface area contributed by atoms with Gasteiger partial charge in [0.15, 0.2) is 5.78 Å². The Morgan fingerprint density at radius 3 is 2.42 bits per heavy atom. The Kier molecular flexibility index (Phi) is 10.1. The van der Waals surface area contributed by atoms with Crippen LogP contribution < -0.4 is 15.8 Å². The zero-order chi connectivity index (χ0) is 28.0. The van der Waals surface area contributed by atoms with Gasteiger partial charge in [0.25, 0.3) is 5.91 Å². The van der Waals surface area contributed by atoms with Crippen LogP contribution in [-0.4, -0.2) is 52.1 Å². The topological polar surface area (TPSA) is 107 Å². The number of alkyl halides is 2. The van der Waals surface area contributed by atoms with Crippen LogP contribution in [0.2, 0.25) is 0 Å². The van der Waals surface area contributed by atoms with Crippen LogP contribution in [-0.2, 0) is 6.42 Å². The monoisotopic (exact) mass is 545 g/mol. The number of benzene rings is 2. The lowest BCUT2D eigenvalue weighted by Gasteiger charge is -2.18. The standard InChI is InChI=1S/C28H33F2N3O4S/c1-16-5-10-24(25(13-16)37-28(29)30)33-18(3)22(15-21(33)14-17(2)34)27(36)32-20-8-6-19(7-9-20)26(35)23(31)11-12-38-4/h5-10,13,15,17,23,28,34H,11-12,14,31H2,1-4H3,(H,32,36)/t17-,23-/m0/s1. The molecule has 3 rings (SSSR count). The molecule has 0 saturated heterocycles. The van der Waals surface area contributed by atoms with Crippen molar-refractivity contribution in [3.63, 3.8) is 0 Å². The number of hydrogen-bond donors (Lipinski definition) is 3. The molecule has 0 bridgehead atoms. The summed E-state index contributed by atoms with van der Waals surface area (Å²) in [7, 11) is 0. The van der Waals surface area contributed by atoms with E-state index in [1.54, 1.807) is 79.6 Å². The summed E-state index contributed by atoms with van der Waals surface area (Å²) < 4.78 is 32.7. The summed E-state index contributed by atoms with van der Waals surface area (Å²) in [4.78, 5) is 25.8. The van der Waals surface area contributed by atoms with Crippen molar-refractivity contribution in [1.82, 2.24) is 4.57 Å². The van der Waals surface area contributed by atoms with E-state index in [9.17, 15) is 23.5 Å². The van der Waals surface area contributed by atoms with E-state index in [0.29, 0.717) is 40.3 Å². The summed E-state index contributed by atoms with van der Waals surface area (Å²) in [6.07, 6.45) is 1.98. The van der Waals surface area contributed by atoms with Crippen molar-refractivity contribution >= 4 is 29.1 Å². The third-order valence-electron chi connectivity index (χ3n) is 6.04. The Labute approximate surface area is 225 Å². The van der Waals surface area contributed by atoms with Gasteiger partial charge >= 0.3 is 6.61 Å². The van der Waals surface area contributed by atoms with Gasteiger partial charge in [-0.05, 0) is 87.2 Å². The first-order valence-corrected chi connectivity index (χ1v) is 13.6. The third kappa shape index (κ3) is 7.21. The van der Waals surface area contributed by atoms with Crippen molar-refractivity contribution in [1.29, 1.82) is 0 Å². The average molecular weight is 546 g/mol. The first kappa shape index (κ1) is 29.3. The summed E-state index contributed by atoms with van der Waals surface area (Å²) in [6.45, 7) is 2.04. The highest BCUT2D eigenvalue weighted by molar-refractivity contribution is 7.98. The highest BCUT2D eigenvalue weighted by atomic mass is 32.2. The summed E-state index contributed by atoms with van der Waals surface area (Å²) in [5.74, 6) is 0.170. The Morgan fingerprint density at radius 1 is 1.13 bits per heavy atom. The second-order valence-corrected chi connectivity index (χ2v) is 10.1.